The molecule has 122 valence electrons. The monoisotopic (exact) mass is 324 g/mol. The summed E-state index contributed by atoms with van der Waals surface area (Å²) in [6, 6.07) is 0.0266. The van der Waals surface area contributed by atoms with E-state index in [4.69, 9.17) is 5.73 Å². The number of amides is 2. The molecule has 0 aliphatic carbocycles. The van der Waals surface area contributed by atoms with Crippen molar-refractivity contribution in [1.29, 1.82) is 0 Å². The molecular weight excluding hydrogens is 300 g/mol. The molecule has 2 amide bonds. The van der Waals surface area contributed by atoms with E-state index in [2.05, 4.69) is 10.3 Å². The summed E-state index contributed by atoms with van der Waals surface area (Å²) in [5, 5.41) is 4.86. The summed E-state index contributed by atoms with van der Waals surface area (Å²) in [7, 11) is 0. The molecule has 7 heteroatoms. The molecule has 2 rings (SSSR count). The van der Waals surface area contributed by atoms with Gasteiger partial charge in [0.25, 0.3) is 0 Å². The van der Waals surface area contributed by atoms with Crippen LogP contribution in [0, 0.1) is 6.92 Å². The van der Waals surface area contributed by atoms with Crippen LogP contribution < -0.4 is 11.1 Å². The molecule has 0 spiro atoms. The Morgan fingerprint density at radius 3 is 2.32 bits per heavy atom. The molecule has 6 nitrogen and oxygen atoms in total. The van der Waals surface area contributed by atoms with Crippen molar-refractivity contribution >= 4 is 28.3 Å². The maximum absolute atomic E-state index is 12.7. The first-order valence-corrected chi connectivity index (χ1v) is 8.24. The van der Waals surface area contributed by atoms with E-state index in [1.54, 1.807) is 4.90 Å². The second-order valence-corrected chi connectivity index (χ2v) is 8.04. The molecule has 1 saturated heterocycles. The molecule has 1 aromatic rings. The van der Waals surface area contributed by atoms with Crippen LogP contribution in [-0.4, -0.2) is 38.8 Å². The first-order chi connectivity index (χ1) is 10.0. The van der Waals surface area contributed by atoms with Crippen LogP contribution in [0.5, 0.6) is 0 Å². The van der Waals surface area contributed by atoms with Gasteiger partial charge in [0.15, 0.2) is 5.13 Å². The molecule has 3 N–H and O–H groups in total. The highest BCUT2D eigenvalue weighted by Gasteiger charge is 2.48. The van der Waals surface area contributed by atoms with Crippen LogP contribution in [0.2, 0.25) is 0 Å². The van der Waals surface area contributed by atoms with E-state index in [-0.39, 0.29) is 6.04 Å². The van der Waals surface area contributed by atoms with Gasteiger partial charge in [0.2, 0.25) is 0 Å². The molecule has 0 bridgehead atoms. The third-order valence-electron chi connectivity index (χ3n) is 3.97. The van der Waals surface area contributed by atoms with Crippen molar-refractivity contribution in [2.75, 3.05) is 5.32 Å². The van der Waals surface area contributed by atoms with Gasteiger partial charge in [-0.1, -0.05) is 0 Å². The zero-order chi connectivity index (χ0) is 16.7. The zero-order valence-corrected chi connectivity index (χ0v) is 14.6. The summed E-state index contributed by atoms with van der Waals surface area (Å²) >= 11 is 1.31. The van der Waals surface area contributed by atoms with Crippen molar-refractivity contribution in [3.05, 3.63) is 11.1 Å². The number of hydrogen-bond acceptors (Lipinski definition) is 5. The van der Waals surface area contributed by atoms with E-state index in [0.717, 1.165) is 5.69 Å². The quantitative estimate of drug-likeness (QED) is 0.772. The van der Waals surface area contributed by atoms with Crippen molar-refractivity contribution in [2.24, 2.45) is 5.73 Å². The first-order valence-electron chi connectivity index (χ1n) is 7.36. The number of hydrogen-bond donors (Lipinski definition) is 2. The van der Waals surface area contributed by atoms with Crippen LogP contribution in [0.4, 0.5) is 5.13 Å². The number of aromatic nitrogens is 1. The Balaban J connectivity index is 2.20. The average Bonchev–Trinajstić information content (AvgIpc) is 2.70. The summed E-state index contributed by atoms with van der Waals surface area (Å²) in [4.78, 5) is 30.8. The van der Waals surface area contributed by atoms with Crippen LogP contribution in [0.15, 0.2) is 5.38 Å². The number of nitrogens with zero attached hydrogens (tertiary/aromatic N) is 2. The summed E-state index contributed by atoms with van der Waals surface area (Å²) in [6.07, 6.45) is 1.34. The Hall–Kier alpha value is -1.47. The van der Waals surface area contributed by atoms with Crippen LogP contribution in [0.1, 0.15) is 46.2 Å². The molecule has 0 unspecified atom stereocenters. The lowest BCUT2D eigenvalue weighted by Gasteiger charge is -2.54. The lowest BCUT2D eigenvalue weighted by molar-refractivity contribution is -0.156. The summed E-state index contributed by atoms with van der Waals surface area (Å²) < 4.78 is 0. The summed E-state index contributed by atoms with van der Waals surface area (Å²) in [5.41, 5.74) is 5.99. The second kappa shape index (κ2) is 5.62. The Bertz CT molecular complexity index is 576. The number of rotatable bonds is 1. The van der Waals surface area contributed by atoms with E-state index < -0.39 is 22.9 Å². The fourth-order valence-electron chi connectivity index (χ4n) is 3.57. The number of anilines is 1. The van der Waals surface area contributed by atoms with E-state index >= 15 is 0 Å². The molecule has 22 heavy (non-hydrogen) atoms. The lowest BCUT2D eigenvalue weighted by atomic mass is 9.77. The maximum atomic E-state index is 12.7. The molecule has 1 aliphatic rings. The van der Waals surface area contributed by atoms with Gasteiger partial charge in [0.05, 0.1) is 5.69 Å². The van der Waals surface area contributed by atoms with Crippen LogP contribution in [0.3, 0.4) is 0 Å². The predicted molar refractivity (Wildman–Crippen MR) is 87.7 cm³/mol. The number of likely N-dealkylation sites (tertiary alicyclic amines) is 1. The standard InChI is InChI=1S/C15H24N4O2S/c1-9-8-22-13(17-9)18-11(20)12(21)19-14(2,3)6-10(16)7-15(19,4)5/h8,10H,6-7,16H2,1-5H3,(H,17,18,20). The van der Waals surface area contributed by atoms with Gasteiger partial charge in [-0.3, -0.25) is 14.9 Å². The van der Waals surface area contributed by atoms with Gasteiger partial charge in [-0.2, -0.15) is 0 Å². The third-order valence-corrected chi connectivity index (χ3v) is 4.85. The van der Waals surface area contributed by atoms with Crippen molar-refractivity contribution in [2.45, 2.75) is 64.6 Å². The normalized spacial score (nSPS) is 20.7. The van der Waals surface area contributed by atoms with Crippen molar-refractivity contribution < 1.29 is 9.59 Å². The lowest BCUT2D eigenvalue weighted by Crippen LogP contribution is -2.66. The molecule has 0 saturated carbocycles. The number of nitrogens with one attached hydrogen (secondary N) is 1. The molecule has 1 fully saturated rings. The average molecular weight is 324 g/mol. The number of carbonyl (C=O) groups is 2. The van der Waals surface area contributed by atoms with E-state index in [9.17, 15) is 9.59 Å². The molecular formula is C15H24N4O2S. The van der Waals surface area contributed by atoms with E-state index in [1.165, 1.54) is 11.3 Å². The van der Waals surface area contributed by atoms with Gasteiger partial charge in [-0.15, -0.1) is 11.3 Å². The highest BCUT2D eigenvalue weighted by Crippen LogP contribution is 2.37. The minimum absolute atomic E-state index is 0.0266. The van der Waals surface area contributed by atoms with Gasteiger partial charge in [-0.25, -0.2) is 4.98 Å². The third kappa shape index (κ3) is 3.30. The second-order valence-electron chi connectivity index (χ2n) is 7.18. The van der Waals surface area contributed by atoms with E-state index in [1.807, 2.05) is 40.0 Å². The highest BCUT2D eigenvalue weighted by atomic mass is 32.1. The van der Waals surface area contributed by atoms with Crippen LogP contribution >= 0.6 is 11.3 Å². The topological polar surface area (TPSA) is 88.3 Å². The fourth-order valence-corrected chi connectivity index (χ4v) is 4.25. The minimum Gasteiger partial charge on any atom is -0.328 e. The molecule has 1 aliphatic heterocycles. The van der Waals surface area contributed by atoms with Gasteiger partial charge in [0.1, 0.15) is 0 Å². The highest BCUT2D eigenvalue weighted by molar-refractivity contribution is 7.14. The van der Waals surface area contributed by atoms with Crippen molar-refractivity contribution in [1.82, 2.24) is 9.88 Å². The smallest absolute Gasteiger partial charge is 0.315 e. The number of piperidine rings is 1. The van der Waals surface area contributed by atoms with Crippen LogP contribution in [-0.2, 0) is 9.59 Å². The fraction of sp³-hybridized carbons (Fsp3) is 0.667. The number of thiazole rings is 1. The first kappa shape index (κ1) is 16.9. The molecule has 2 heterocycles. The van der Waals surface area contributed by atoms with Crippen molar-refractivity contribution in [3.63, 3.8) is 0 Å². The minimum atomic E-state index is -0.647. The van der Waals surface area contributed by atoms with E-state index in [0.29, 0.717) is 18.0 Å². The Labute approximate surface area is 135 Å². The molecule has 0 atom stereocenters. The Kier molecular flexibility index (Phi) is 4.32. The summed E-state index contributed by atoms with van der Waals surface area (Å²) in [5.74, 6) is -1.18. The van der Waals surface area contributed by atoms with Gasteiger partial charge in [-0.05, 0) is 47.5 Å². The van der Waals surface area contributed by atoms with Gasteiger partial charge >= 0.3 is 11.8 Å². The molecule has 0 radical (unpaired) electrons. The summed E-state index contributed by atoms with van der Waals surface area (Å²) in [6.45, 7) is 9.64. The van der Waals surface area contributed by atoms with Gasteiger partial charge < -0.3 is 10.6 Å². The predicted octanol–water partition coefficient (Wildman–Crippen LogP) is 1.90. The van der Waals surface area contributed by atoms with Crippen LogP contribution in [0.25, 0.3) is 0 Å². The number of nitrogens with two attached hydrogens (primary N) is 1. The maximum Gasteiger partial charge on any atom is 0.315 e. The van der Waals surface area contributed by atoms with Gasteiger partial charge in [0, 0.05) is 22.5 Å². The SMILES string of the molecule is Cc1csc(NC(=O)C(=O)N2C(C)(C)CC(N)CC2(C)C)n1. The number of carbonyl (C=O) groups excluding carboxylic acids is 2. The van der Waals surface area contributed by atoms with Crippen molar-refractivity contribution in [3.8, 4) is 0 Å². The Morgan fingerprint density at radius 1 is 1.32 bits per heavy atom. The Morgan fingerprint density at radius 2 is 1.86 bits per heavy atom. The zero-order valence-electron chi connectivity index (χ0n) is 13.8. The molecule has 1 aromatic heterocycles. The number of aryl methyl sites for hydroxylation is 1. The largest absolute Gasteiger partial charge is 0.328 e. The molecule has 0 aromatic carbocycles.